The number of benzene rings is 1. The van der Waals surface area contributed by atoms with Crippen molar-refractivity contribution in [2.24, 2.45) is 0 Å². The SMILES string of the molecule is CC(Nc1c(F)cc(C#N)cc1F)C(=O)NC1CC1. The molecule has 2 rings (SSSR count). The van der Waals surface area contributed by atoms with Crippen LogP contribution in [-0.2, 0) is 4.79 Å². The van der Waals surface area contributed by atoms with E-state index in [1.165, 1.54) is 6.92 Å². The summed E-state index contributed by atoms with van der Waals surface area (Å²) in [5.74, 6) is -2.07. The predicted molar refractivity (Wildman–Crippen MR) is 65.3 cm³/mol. The molecule has 1 atom stereocenters. The Kier molecular flexibility index (Phi) is 3.65. The third-order valence-corrected chi connectivity index (χ3v) is 2.85. The number of nitriles is 1. The van der Waals surface area contributed by atoms with E-state index in [1.807, 2.05) is 0 Å². The van der Waals surface area contributed by atoms with Gasteiger partial charge in [-0.05, 0) is 31.9 Å². The van der Waals surface area contributed by atoms with Crippen LogP contribution in [0.1, 0.15) is 25.3 Å². The Hall–Kier alpha value is -2.16. The van der Waals surface area contributed by atoms with Gasteiger partial charge in [0.05, 0.1) is 11.6 Å². The summed E-state index contributed by atoms with van der Waals surface area (Å²) < 4.78 is 27.2. The van der Waals surface area contributed by atoms with Crippen molar-refractivity contribution in [3.05, 3.63) is 29.3 Å². The van der Waals surface area contributed by atoms with Crippen molar-refractivity contribution < 1.29 is 13.6 Å². The van der Waals surface area contributed by atoms with E-state index in [0.29, 0.717) is 0 Å². The number of carbonyl (C=O) groups excluding carboxylic acids is 1. The van der Waals surface area contributed by atoms with E-state index in [0.717, 1.165) is 25.0 Å². The molecule has 0 spiro atoms. The highest BCUT2D eigenvalue weighted by atomic mass is 19.1. The molecule has 4 nitrogen and oxygen atoms in total. The van der Waals surface area contributed by atoms with Gasteiger partial charge in [0.15, 0.2) is 11.6 Å². The van der Waals surface area contributed by atoms with Gasteiger partial charge < -0.3 is 10.6 Å². The maximum absolute atomic E-state index is 13.6. The quantitative estimate of drug-likeness (QED) is 0.874. The van der Waals surface area contributed by atoms with E-state index >= 15 is 0 Å². The first-order valence-electron chi connectivity index (χ1n) is 5.97. The molecule has 6 heteroatoms. The number of anilines is 1. The Balaban J connectivity index is 2.09. The molecule has 1 aliphatic rings. The lowest BCUT2D eigenvalue weighted by Gasteiger charge is -2.16. The number of halogens is 2. The Morgan fingerprint density at radius 3 is 2.47 bits per heavy atom. The van der Waals surface area contributed by atoms with Crippen LogP contribution in [0, 0.1) is 23.0 Å². The van der Waals surface area contributed by atoms with Crippen molar-refractivity contribution in [3.63, 3.8) is 0 Å². The summed E-state index contributed by atoms with van der Waals surface area (Å²) in [7, 11) is 0. The van der Waals surface area contributed by atoms with Gasteiger partial charge in [-0.15, -0.1) is 0 Å². The van der Waals surface area contributed by atoms with E-state index in [2.05, 4.69) is 10.6 Å². The third-order valence-electron chi connectivity index (χ3n) is 2.85. The highest BCUT2D eigenvalue weighted by Crippen LogP contribution is 2.22. The lowest BCUT2D eigenvalue weighted by molar-refractivity contribution is -0.121. The highest BCUT2D eigenvalue weighted by molar-refractivity contribution is 5.84. The molecule has 0 bridgehead atoms. The Bertz CT molecular complexity index is 526. The van der Waals surface area contributed by atoms with Crippen molar-refractivity contribution in [3.8, 4) is 6.07 Å². The van der Waals surface area contributed by atoms with Gasteiger partial charge in [0.2, 0.25) is 5.91 Å². The summed E-state index contributed by atoms with van der Waals surface area (Å²) in [6.45, 7) is 1.52. The fourth-order valence-electron chi connectivity index (χ4n) is 1.61. The van der Waals surface area contributed by atoms with Gasteiger partial charge in [-0.2, -0.15) is 5.26 Å². The van der Waals surface area contributed by atoms with Crippen LogP contribution in [0.3, 0.4) is 0 Å². The molecule has 0 heterocycles. The largest absolute Gasteiger partial charge is 0.369 e. The Morgan fingerprint density at radius 1 is 1.42 bits per heavy atom. The first-order chi connectivity index (χ1) is 9.01. The van der Waals surface area contributed by atoms with E-state index in [1.54, 1.807) is 6.07 Å². The minimum absolute atomic E-state index is 0.101. The maximum atomic E-state index is 13.6. The number of amides is 1. The number of hydrogen-bond donors (Lipinski definition) is 2. The molecule has 0 aromatic heterocycles. The second kappa shape index (κ2) is 5.22. The normalized spacial score (nSPS) is 15.5. The molecule has 1 saturated carbocycles. The second-order valence-corrected chi connectivity index (χ2v) is 4.58. The predicted octanol–water partition coefficient (Wildman–Crippen LogP) is 1.92. The summed E-state index contributed by atoms with van der Waals surface area (Å²) in [6, 6.07) is 2.95. The lowest BCUT2D eigenvalue weighted by Crippen LogP contribution is -2.39. The molecule has 1 aromatic carbocycles. The Morgan fingerprint density at radius 2 is 2.00 bits per heavy atom. The summed E-state index contributed by atoms with van der Waals surface area (Å²) >= 11 is 0. The van der Waals surface area contributed by atoms with Crippen LogP contribution in [0.5, 0.6) is 0 Å². The molecule has 100 valence electrons. The average Bonchev–Trinajstić information content (AvgIpc) is 3.16. The van der Waals surface area contributed by atoms with E-state index < -0.39 is 23.4 Å². The zero-order chi connectivity index (χ0) is 14.0. The van der Waals surface area contributed by atoms with Gasteiger partial charge in [-0.25, -0.2) is 8.78 Å². The zero-order valence-electron chi connectivity index (χ0n) is 10.3. The minimum atomic E-state index is -0.886. The number of hydrogen-bond acceptors (Lipinski definition) is 3. The van der Waals surface area contributed by atoms with Gasteiger partial charge in [0, 0.05) is 6.04 Å². The van der Waals surface area contributed by atoms with Crippen molar-refractivity contribution in [1.29, 1.82) is 5.26 Å². The molecule has 1 amide bonds. The standard InChI is InChI=1S/C13H13F2N3O/c1-7(13(19)18-9-2-3-9)17-12-10(14)4-8(6-16)5-11(12)15/h4-5,7,9,17H,2-3H2,1H3,(H,18,19). The van der Waals surface area contributed by atoms with Crippen LogP contribution in [0.25, 0.3) is 0 Å². The summed E-state index contributed by atoms with van der Waals surface area (Å²) in [5.41, 5.74) is -0.493. The molecule has 1 fully saturated rings. The van der Waals surface area contributed by atoms with Gasteiger partial charge in [0.1, 0.15) is 11.7 Å². The van der Waals surface area contributed by atoms with E-state index in [9.17, 15) is 13.6 Å². The Labute approximate surface area is 109 Å². The molecule has 1 aromatic rings. The van der Waals surface area contributed by atoms with Gasteiger partial charge >= 0.3 is 0 Å². The zero-order valence-corrected chi connectivity index (χ0v) is 10.3. The van der Waals surface area contributed by atoms with Crippen LogP contribution in [0.4, 0.5) is 14.5 Å². The molecule has 0 aliphatic heterocycles. The molecule has 0 radical (unpaired) electrons. The smallest absolute Gasteiger partial charge is 0.242 e. The van der Waals surface area contributed by atoms with Crippen molar-refractivity contribution in [1.82, 2.24) is 5.32 Å². The first kappa shape index (κ1) is 13.3. The monoisotopic (exact) mass is 265 g/mol. The van der Waals surface area contributed by atoms with Crippen molar-refractivity contribution >= 4 is 11.6 Å². The minimum Gasteiger partial charge on any atom is -0.369 e. The van der Waals surface area contributed by atoms with Crippen LogP contribution >= 0.6 is 0 Å². The maximum Gasteiger partial charge on any atom is 0.242 e. The molecular weight excluding hydrogens is 252 g/mol. The number of carbonyl (C=O) groups is 1. The van der Waals surface area contributed by atoms with Crippen LogP contribution in [-0.4, -0.2) is 18.0 Å². The molecule has 2 N–H and O–H groups in total. The van der Waals surface area contributed by atoms with Crippen molar-refractivity contribution in [2.75, 3.05) is 5.32 Å². The highest BCUT2D eigenvalue weighted by Gasteiger charge is 2.26. The number of rotatable bonds is 4. The van der Waals surface area contributed by atoms with E-state index in [4.69, 9.17) is 5.26 Å². The topological polar surface area (TPSA) is 64.9 Å². The molecule has 19 heavy (non-hydrogen) atoms. The van der Waals surface area contributed by atoms with Gasteiger partial charge in [0.25, 0.3) is 0 Å². The van der Waals surface area contributed by atoms with Gasteiger partial charge in [-0.1, -0.05) is 0 Å². The molecule has 1 unspecified atom stereocenters. The van der Waals surface area contributed by atoms with Crippen LogP contribution in [0.15, 0.2) is 12.1 Å². The molecule has 1 aliphatic carbocycles. The summed E-state index contributed by atoms with van der Waals surface area (Å²) in [6.07, 6.45) is 1.89. The first-order valence-corrected chi connectivity index (χ1v) is 5.97. The average molecular weight is 265 g/mol. The molecular formula is C13H13F2N3O. The van der Waals surface area contributed by atoms with E-state index in [-0.39, 0.29) is 17.5 Å². The van der Waals surface area contributed by atoms with Crippen molar-refractivity contribution in [2.45, 2.75) is 31.8 Å². The third kappa shape index (κ3) is 3.19. The summed E-state index contributed by atoms with van der Waals surface area (Å²) in [5, 5.41) is 13.8. The molecule has 0 saturated heterocycles. The fourth-order valence-corrected chi connectivity index (χ4v) is 1.61. The summed E-state index contributed by atoms with van der Waals surface area (Å²) in [4.78, 5) is 11.7. The number of nitrogens with zero attached hydrogens (tertiary/aromatic N) is 1. The van der Waals surface area contributed by atoms with Crippen LogP contribution < -0.4 is 10.6 Å². The fraction of sp³-hybridized carbons (Fsp3) is 0.385. The van der Waals surface area contributed by atoms with Gasteiger partial charge in [-0.3, -0.25) is 4.79 Å². The van der Waals surface area contributed by atoms with Crippen LogP contribution in [0.2, 0.25) is 0 Å². The second-order valence-electron chi connectivity index (χ2n) is 4.58. The number of nitrogens with one attached hydrogen (secondary N) is 2. The lowest BCUT2D eigenvalue weighted by atomic mass is 10.2.